The summed E-state index contributed by atoms with van der Waals surface area (Å²) in [6.07, 6.45) is 0.672. The third-order valence-corrected chi connectivity index (χ3v) is 2.96. The number of ether oxygens (including phenoxy) is 1. The van der Waals surface area contributed by atoms with Crippen molar-refractivity contribution in [2.45, 2.75) is 6.42 Å². The van der Waals surface area contributed by atoms with Gasteiger partial charge in [-0.05, 0) is 55.0 Å². The van der Waals surface area contributed by atoms with Gasteiger partial charge in [0, 0.05) is 18.8 Å². The molecule has 0 fully saturated rings. The summed E-state index contributed by atoms with van der Waals surface area (Å²) in [5.41, 5.74) is 0.886. The van der Waals surface area contributed by atoms with Crippen LogP contribution in [0.3, 0.4) is 0 Å². The molecule has 0 aromatic heterocycles. The quantitative estimate of drug-likeness (QED) is 0.565. The van der Waals surface area contributed by atoms with E-state index in [1.807, 2.05) is 54.6 Å². The molecule has 0 atom stereocenters. The molecule has 0 radical (unpaired) electrons. The Morgan fingerprint density at radius 2 is 1.67 bits per heavy atom. The van der Waals surface area contributed by atoms with Crippen molar-refractivity contribution in [2.75, 3.05) is 18.5 Å². The molecular weight excluding hydrogens is 284 g/mol. The zero-order valence-corrected chi connectivity index (χ0v) is 12.4. The summed E-state index contributed by atoms with van der Waals surface area (Å²) < 4.78 is 5.71. The van der Waals surface area contributed by atoms with Gasteiger partial charge in [0.2, 0.25) is 0 Å². The molecule has 5 heteroatoms. The van der Waals surface area contributed by atoms with Gasteiger partial charge in [-0.1, -0.05) is 18.2 Å². The number of thiocarbonyl (C=S) groups is 1. The molecule has 0 aliphatic rings. The lowest BCUT2D eigenvalue weighted by Crippen LogP contribution is -2.29. The van der Waals surface area contributed by atoms with Crippen LogP contribution in [-0.2, 0) is 0 Å². The SMILES string of the molecule is OCCCNC(=S)Nc1ccc(Oc2ccccc2)cc1. The summed E-state index contributed by atoms with van der Waals surface area (Å²) in [4.78, 5) is 0. The first-order valence-corrected chi connectivity index (χ1v) is 7.17. The summed E-state index contributed by atoms with van der Waals surface area (Å²) in [6.45, 7) is 0.804. The van der Waals surface area contributed by atoms with Crippen molar-refractivity contribution in [3.05, 3.63) is 54.6 Å². The van der Waals surface area contributed by atoms with Crippen molar-refractivity contribution in [1.29, 1.82) is 0 Å². The van der Waals surface area contributed by atoms with Gasteiger partial charge in [-0.3, -0.25) is 0 Å². The molecule has 0 aliphatic heterocycles. The number of benzene rings is 2. The number of aliphatic hydroxyl groups is 1. The van der Waals surface area contributed by atoms with Gasteiger partial charge >= 0.3 is 0 Å². The van der Waals surface area contributed by atoms with Gasteiger partial charge in [0.05, 0.1) is 0 Å². The average molecular weight is 302 g/mol. The van der Waals surface area contributed by atoms with Gasteiger partial charge in [0.1, 0.15) is 11.5 Å². The van der Waals surface area contributed by atoms with Crippen LogP contribution in [0.4, 0.5) is 5.69 Å². The first-order chi connectivity index (χ1) is 10.3. The summed E-state index contributed by atoms with van der Waals surface area (Å²) in [5, 5.41) is 15.3. The normalized spacial score (nSPS) is 9.95. The fourth-order valence-electron chi connectivity index (χ4n) is 1.69. The van der Waals surface area contributed by atoms with Gasteiger partial charge in [-0.2, -0.15) is 0 Å². The highest BCUT2D eigenvalue weighted by molar-refractivity contribution is 7.80. The Hall–Kier alpha value is -2.11. The second kappa shape index (κ2) is 8.24. The highest BCUT2D eigenvalue weighted by atomic mass is 32.1. The van der Waals surface area contributed by atoms with Crippen LogP contribution in [0.15, 0.2) is 54.6 Å². The van der Waals surface area contributed by atoms with E-state index in [1.54, 1.807) is 0 Å². The van der Waals surface area contributed by atoms with E-state index in [2.05, 4.69) is 10.6 Å². The Morgan fingerprint density at radius 1 is 1.00 bits per heavy atom. The molecule has 0 unspecified atom stereocenters. The highest BCUT2D eigenvalue weighted by Crippen LogP contribution is 2.22. The minimum absolute atomic E-state index is 0.154. The van der Waals surface area contributed by atoms with E-state index in [9.17, 15) is 0 Å². The first kappa shape index (κ1) is 15.3. The number of anilines is 1. The summed E-state index contributed by atoms with van der Waals surface area (Å²) >= 11 is 5.15. The molecule has 0 bridgehead atoms. The number of aliphatic hydroxyl groups excluding tert-OH is 1. The Labute approximate surface area is 129 Å². The standard InChI is InChI=1S/C16H18N2O2S/c19-12-4-11-17-16(21)18-13-7-9-15(10-8-13)20-14-5-2-1-3-6-14/h1-3,5-10,19H,4,11-12H2,(H2,17,18,21). The Morgan fingerprint density at radius 3 is 2.33 bits per heavy atom. The summed E-state index contributed by atoms with van der Waals surface area (Å²) in [5.74, 6) is 1.57. The van der Waals surface area contributed by atoms with Crippen molar-refractivity contribution < 1.29 is 9.84 Å². The van der Waals surface area contributed by atoms with Crippen molar-refractivity contribution in [2.24, 2.45) is 0 Å². The van der Waals surface area contributed by atoms with Crippen molar-refractivity contribution in [3.63, 3.8) is 0 Å². The predicted octanol–water partition coefficient (Wildman–Crippen LogP) is 3.15. The average Bonchev–Trinajstić information content (AvgIpc) is 2.51. The molecule has 0 saturated heterocycles. The molecule has 0 heterocycles. The lowest BCUT2D eigenvalue weighted by atomic mass is 10.3. The fraction of sp³-hybridized carbons (Fsp3) is 0.188. The smallest absolute Gasteiger partial charge is 0.170 e. The topological polar surface area (TPSA) is 53.5 Å². The zero-order valence-electron chi connectivity index (χ0n) is 11.6. The van der Waals surface area contributed by atoms with Gasteiger partial charge in [-0.25, -0.2) is 0 Å². The van der Waals surface area contributed by atoms with Gasteiger partial charge < -0.3 is 20.5 Å². The van der Waals surface area contributed by atoms with E-state index in [-0.39, 0.29) is 6.61 Å². The van der Waals surface area contributed by atoms with E-state index >= 15 is 0 Å². The second-order valence-electron chi connectivity index (χ2n) is 4.40. The molecule has 0 spiro atoms. The van der Waals surface area contributed by atoms with E-state index < -0.39 is 0 Å². The number of nitrogens with one attached hydrogen (secondary N) is 2. The van der Waals surface area contributed by atoms with Crippen LogP contribution < -0.4 is 15.4 Å². The molecule has 0 amide bonds. The number of hydrogen-bond donors (Lipinski definition) is 3. The van der Waals surface area contributed by atoms with Crippen molar-refractivity contribution >= 4 is 23.0 Å². The Bertz CT molecular complexity index is 558. The molecule has 2 aromatic rings. The molecular formula is C16H18N2O2S. The van der Waals surface area contributed by atoms with Gasteiger partial charge in [0.15, 0.2) is 5.11 Å². The molecule has 0 aliphatic carbocycles. The number of para-hydroxylation sites is 1. The van der Waals surface area contributed by atoms with Crippen LogP contribution in [0.2, 0.25) is 0 Å². The summed E-state index contributed by atoms with van der Waals surface area (Å²) in [7, 11) is 0. The third kappa shape index (κ3) is 5.41. The first-order valence-electron chi connectivity index (χ1n) is 6.76. The predicted molar refractivity (Wildman–Crippen MR) is 88.9 cm³/mol. The van der Waals surface area contributed by atoms with Gasteiger partial charge in [-0.15, -0.1) is 0 Å². The minimum Gasteiger partial charge on any atom is -0.457 e. The molecule has 3 N–H and O–H groups in total. The van der Waals surface area contributed by atoms with E-state index in [4.69, 9.17) is 22.1 Å². The van der Waals surface area contributed by atoms with E-state index in [1.165, 1.54) is 0 Å². The van der Waals surface area contributed by atoms with E-state index in [0.717, 1.165) is 17.2 Å². The van der Waals surface area contributed by atoms with Crippen molar-refractivity contribution in [3.8, 4) is 11.5 Å². The lowest BCUT2D eigenvalue weighted by molar-refractivity contribution is 0.289. The zero-order chi connectivity index (χ0) is 14.9. The van der Waals surface area contributed by atoms with E-state index in [0.29, 0.717) is 18.1 Å². The number of rotatable bonds is 6. The molecule has 0 saturated carbocycles. The number of hydrogen-bond acceptors (Lipinski definition) is 3. The molecule has 4 nitrogen and oxygen atoms in total. The minimum atomic E-state index is 0.154. The maximum atomic E-state index is 8.70. The third-order valence-electron chi connectivity index (χ3n) is 2.71. The maximum Gasteiger partial charge on any atom is 0.170 e. The fourth-order valence-corrected chi connectivity index (χ4v) is 1.91. The monoisotopic (exact) mass is 302 g/mol. The van der Waals surface area contributed by atoms with Crippen LogP contribution in [-0.4, -0.2) is 23.4 Å². The van der Waals surface area contributed by atoms with Crippen LogP contribution in [0.5, 0.6) is 11.5 Å². The maximum absolute atomic E-state index is 8.70. The van der Waals surface area contributed by atoms with Crippen molar-refractivity contribution in [1.82, 2.24) is 5.32 Å². The van der Waals surface area contributed by atoms with Crippen LogP contribution in [0, 0.1) is 0 Å². The van der Waals surface area contributed by atoms with Crippen LogP contribution in [0.1, 0.15) is 6.42 Å². The molecule has 21 heavy (non-hydrogen) atoms. The Kier molecular flexibility index (Phi) is 5.99. The van der Waals surface area contributed by atoms with Crippen LogP contribution >= 0.6 is 12.2 Å². The molecule has 110 valence electrons. The summed E-state index contributed by atoms with van der Waals surface area (Å²) in [6, 6.07) is 17.2. The van der Waals surface area contributed by atoms with Gasteiger partial charge in [0.25, 0.3) is 0 Å². The largest absolute Gasteiger partial charge is 0.457 e. The van der Waals surface area contributed by atoms with Crippen LogP contribution in [0.25, 0.3) is 0 Å². The lowest BCUT2D eigenvalue weighted by Gasteiger charge is -2.11. The second-order valence-corrected chi connectivity index (χ2v) is 4.81. The Balaban J connectivity index is 1.85. The molecule has 2 rings (SSSR count). The molecule has 2 aromatic carbocycles. The highest BCUT2D eigenvalue weighted by Gasteiger charge is 1.99.